The Morgan fingerprint density at radius 3 is 2.77 bits per heavy atom. The number of carboxylic acid groups (broad SMARTS) is 1. The maximum absolute atomic E-state index is 11.8. The van der Waals surface area contributed by atoms with Gasteiger partial charge < -0.3 is 20.5 Å². The van der Waals surface area contributed by atoms with Gasteiger partial charge in [0.2, 0.25) is 5.91 Å². The van der Waals surface area contributed by atoms with Crippen molar-refractivity contribution in [3.05, 3.63) is 18.2 Å². The molecule has 0 fully saturated rings. The van der Waals surface area contributed by atoms with Crippen molar-refractivity contribution < 1.29 is 24.2 Å². The second-order valence-corrected chi connectivity index (χ2v) is 5.11. The monoisotopic (exact) mass is 306 g/mol. The van der Waals surface area contributed by atoms with Crippen LogP contribution < -0.4 is 15.4 Å². The van der Waals surface area contributed by atoms with Gasteiger partial charge in [0.15, 0.2) is 6.10 Å². The standard InChI is InChI=1S/C15H18N2O5/c1-9-15(21)17-11-8-10(6-7-12(11)22-9)16-13(18)4-2-3-5-14(19)20/h6-9H,2-5H2,1H3,(H,16,18)(H,17,21)(H,19,20). The molecule has 2 rings (SSSR count). The lowest BCUT2D eigenvalue weighted by atomic mass is 10.1. The van der Waals surface area contributed by atoms with Crippen LogP contribution in [0.3, 0.4) is 0 Å². The van der Waals surface area contributed by atoms with E-state index in [1.165, 1.54) is 0 Å². The highest BCUT2D eigenvalue weighted by atomic mass is 16.5. The summed E-state index contributed by atoms with van der Waals surface area (Å²) in [5.74, 6) is -0.724. The number of hydrogen-bond donors (Lipinski definition) is 3. The third-order valence-corrected chi connectivity index (χ3v) is 3.24. The molecule has 1 aliphatic heterocycles. The number of aliphatic carboxylic acids is 1. The quantitative estimate of drug-likeness (QED) is 0.697. The molecule has 118 valence electrons. The molecular weight excluding hydrogens is 288 g/mol. The molecule has 22 heavy (non-hydrogen) atoms. The average Bonchev–Trinajstić information content (AvgIpc) is 2.45. The van der Waals surface area contributed by atoms with Gasteiger partial charge in [-0.1, -0.05) is 0 Å². The summed E-state index contributed by atoms with van der Waals surface area (Å²) < 4.78 is 5.43. The summed E-state index contributed by atoms with van der Waals surface area (Å²) in [6.07, 6.45) is 0.759. The molecule has 0 saturated heterocycles. The first kappa shape index (κ1) is 15.8. The second kappa shape index (κ2) is 6.93. The van der Waals surface area contributed by atoms with Crippen LogP contribution in [0.2, 0.25) is 0 Å². The molecule has 0 aliphatic carbocycles. The highest BCUT2D eigenvalue weighted by Gasteiger charge is 2.23. The molecule has 7 nitrogen and oxygen atoms in total. The number of rotatable bonds is 6. The van der Waals surface area contributed by atoms with Gasteiger partial charge in [-0.3, -0.25) is 14.4 Å². The van der Waals surface area contributed by atoms with E-state index in [0.29, 0.717) is 30.0 Å². The number of unbranched alkanes of at least 4 members (excludes halogenated alkanes) is 1. The van der Waals surface area contributed by atoms with Crippen molar-refractivity contribution in [2.75, 3.05) is 10.6 Å². The van der Waals surface area contributed by atoms with E-state index in [2.05, 4.69) is 10.6 Å². The Bertz CT molecular complexity index is 600. The lowest BCUT2D eigenvalue weighted by Gasteiger charge is -2.23. The predicted molar refractivity (Wildman–Crippen MR) is 79.9 cm³/mol. The van der Waals surface area contributed by atoms with Crippen LogP contribution in [0, 0.1) is 0 Å². The Kier molecular flexibility index (Phi) is 4.98. The summed E-state index contributed by atoms with van der Waals surface area (Å²) in [5, 5.41) is 13.9. The number of amides is 2. The molecule has 0 saturated carbocycles. The van der Waals surface area contributed by atoms with E-state index < -0.39 is 12.1 Å². The van der Waals surface area contributed by atoms with Crippen molar-refractivity contribution >= 4 is 29.2 Å². The van der Waals surface area contributed by atoms with Gasteiger partial charge in [0.25, 0.3) is 5.91 Å². The smallest absolute Gasteiger partial charge is 0.303 e. The zero-order valence-electron chi connectivity index (χ0n) is 12.2. The Hall–Kier alpha value is -2.57. The average molecular weight is 306 g/mol. The fourth-order valence-corrected chi connectivity index (χ4v) is 2.07. The minimum absolute atomic E-state index is 0.0632. The van der Waals surface area contributed by atoms with Gasteiger partial charge in [0.05, 0.1) is 5.69 Å². The molecule has 1 atom stereocenters. The topological polar surface area (TPSA) is 105 Å². The number of hydrogen-bond acceptors (Lipinski definition) is 4. The van der Waals surface area contributed by atoms with Crippen LogP contribution in [0.1, 0.15) is 32.6 Å². The first-order valence-electron chi connectivity index (χ1n) is 7.09. The van der Waals surface area contributed by atoms with Crippen molar-refractivity contribution in [3.8, 4) is 5.75 Å². The fourth-order valence-electron chi connectivity index (χ4n) is 2.07. The van der Waals surface area contributed by atoms with Gasteiger partial charge in [-0.25, -0.2) is 0 Å². The molecule has 7 heteroatoms. The molecule has 0 radical (unpaired) electrons. The van der Waals surface area contributed by atoms with Crippen LogP contribution in [-0.2, 0) is 14.4 Å². The van der Waals surface area contributed by atoms with Crippen molar-refractivity contribution in [2.45, 2.75) is 38.7 Å². The number of fused-ring (bicyclic) bond motifs is 1. The normalized spacial score (nSPS) is 16.2. The fraction of sp³-hybridized carbons (Fsp3) is 0.400. The Morgan fingerprint density at radius 1 is 1.32 bits per heavy atom. The third kappa shape index (κ3) is 4.21. The molecule has 1 aromatic rings. The lowest BCUT2D eigenvalue weighted by molar-refractivity contribution is -0.137. The maximum atomic E-state index is 11.8. The van der Waals surface area contributed by atoms with Crippen LogP contribution in [0.25, 0.3) is 0 Å². The van der Waals surface area contributed by atoms with E-state index in [1.807, 2.05) is 0 Å². The molecule has 1 unspecified atom stereocenters. The highest BCUT2D eigenvalue weighted by molar-refractivity contribution is 5.99. The minimum Gasteiger partial charge on any atom is -0.481 e. The number of anilines is 2. The largest absolute Gasteiger partial charge is 0.481 e. The number of ether oxygens (including phenoxy) is 1. The van der Waals surface area contributed by atoms with Crippen molar-refractivity contribution in [1.82, 2.24) is 0 Å². The molecule has 1 aromatic carbocycles. The third-order valence-electron chi connectivity index (χ3n) is 3.24. The maximum Gasteiger partial charge on any atom is 0.303 e. The minimum atomic E-state index is -0.861. The van der Waals surface area contributed by atoms with Crippen LogP contribution in [-0.4, -0.2) is 29.0 Å². The number of carboxylic acids is 1. The van der Waals surface area contributed by atoms with Gasteiger partial charge in [0, 0.05) is 18.5 Å². The van der Waals surface area contributed by atoms with Gasteiger partial charge in [-0.15, -0.1) is 0 Å². The highest BCUT2D eigenvalue weighted by Crippen LogP contribution is 2.32. The molecule has 1 heterocycles. The summed E-state index contributed by atoms with van der Waals surface area (Å²) >= 11 is 0. The lowest BCUT2D eigenvalue weighted by Crippen LogP contribution is -2.34. The Balaban J connectivity index is 1.88. The van der Waals surface area contributed by atoms with Crippen LogP contribution in [0.15, 0.2) is 18.2 Å². The number of nitrogens with one attached hydrogen (secondary N) is 2. The van der Waals surface area contributed by atoms with E-state index in [0.717, 1.165) is 0 Å². The number of carbonyl (C=O) groups excluding carboxylic acids is 2. The Labute approximate surface area is 127 Å². The van der Waals surface area contributed by atoms with E-state index in [9.17, 15) is 14.4 Å². The van der Waals surface area contributed by atoms with Gasteiger partial charge in [0.1, 0.15) is 5.75 Å². The van der Waals surface area contributed by atoms with E-state index >= 15 is 0 Å². The summed E-state index contributed by atoms with van der Waals surface area (Å²) in [7, 11) is 0. The van der Waals surface area contributed by atoms with Gasteiger partial charge >= 0.3 is 5.97 Å². The predicted octanol–water partition coefficient (Wildman–Crippen LogP) is 1.99. The van der Waals surface area contributed by atoms with Gasteiger partial charge in [-0.05, 0) is 38.0 Å². The number of benzene rings is 1. The molecule has 0 bridgehead atoms. The van der Waals surface area contributed by atoms with E-state index in [4.69, 9.17) is 9.84 Å². The molecule has 0 aromatic heterocycles. The first-order valence-corrected chi connectivity index (χ1v) is 7.09. The second-order valence-electron chi connectivity index (χ2n) is 5.11. The zero-order chi connectivity index (χ0) is 16.1. The van der Waals surface area contributed by atoms with Crippen LogP contribution in [0.4, 0.5) is 11.4 Å². The zero-order valence-corrected chi connectivity index (χ0v) is 12.2. The van der Waals surface area contributed by atoms with Gasteiger partial charge in [-0.2, -0.15) is 0 Å². The first-order chi connectivity index (χ1) is 10.5. The molecule has 0 spiro atoms. The molecule has 3 N–H and O–H groups in total. The Morgan fingerprint density at radius 2 is 2.05 bits per heavy atom. The summed E-state index contributed by atoms with van der Waals surface area (Å²) in [5.41, 5.74) is 1.08. The van der Waals surface area contributed by atoms with Crippen LogP contribution in [0.5, 0.6) is 5.75 Å². The molecular formula is C15H18N2O5. The molecule has 1 aliphatic rings. The number of carbonyl (C=O) groups is 3. The van der Waals surface area contributed by atoms with E-state index in [-0.39, 0.29) is 24.7 Å². The summed E-state index contributed by atoms with van der Waals surface area (Å²) in [6.45, 7) is 1.66. The van der Waals surface area contributed by atoms with Crippen molar-refractivity contribution in [3.63, 3.8) is 0 Å². The van der Waals surface area contributed by atoms with Crippen molar-refractivity contribution in [2.24, 2.45) is 0 Å². The SMILES string of the molecule is CC1Oc2ccc(NC(=O)CCCCC(=O)O)cc2NC1=O. The summed E-state index contributed by atoms with van der Waals surface area (Å²) in [6, 6.07) is 5.01. The summed E-state index contributed by atoms with van der Waals surface area (Å²) in [4.78, 5) is 33.7. The van der Waals surface area contributed by atoms with E-state index in [1.54, 1.807) is 25.1 Å². The van der Waals surface area contributed by atoms with Crippen molar-refractivity contribution in [1.29, 1.82) is 0 Å². The van der Waals surface area contributed by atoms with Crippen LogP contribution >= 0.6 is 0 Å². The molecule has 2 amide bonds.